The van der Waals surface area contributed by atoms with Gasteiger partial charge in [-0.25, -0.2) is 0 Å². The smallest absolute Gasteiger partial charge is 0.389 e. The highest BCUT2D eigenvalue weighted by Gasteiger charge is 2.31. The molecule has 12 heteroatoms. The molecule has 0 spiro atoms. The van der Waals surface area contributed by atoms with Crippen LogP contribution < -0.4 is 5.73 Å². The van der Waals surface area contributed by atoms with Gasteiger partial charge in [-0.3, -0.25) is 9.48 Å². The number of aromatic nitrogens is 3. The van der Waals surface area contributed by atoms with Crippen LogP contribution in [0.5, 0.6) is 0 Å². The number of pyridine rings is 1. The van der Waals surface area contributed by atoms with Gasteiger partial charge in [0.1, 0.15) is 11.8 Å². The van der Waals surface area contributed by atoms with Crippen molar-refractivity contribution in [3.63, 3.8) is 0 Å². The van der Waals surface area contributed by atoms with E-state index in [-0.39, 0.29) is 22.3 Å². The molecular formula is C26H33ClF3N5O2S. The second-order valence-electron chi connectivity index (χ2n) is 9.03. The van der Waals surface area contributed by atoms with Crippen LogP contribution in [-0.4, -0.2) is 38.8 Å². The zero-order valence-corrected chi connectivity index (χ0v) is 23.2. The number of fused-ring (bicyclic) bond motifs is 1. The van der Waals surface area contributed by atoms with Crippen LogP contribution in [0.15, 0.2) is 30.5 Å². The highest BCUT2D eigenvalue weighted by Crippen LogP contribution is 2.30. The van der Waals surface area contributed by atoms with E-state index in [0.29, 0.717) is 22.2 Å². The van der Waals surface area contributed by atoms with E-state index in [9.17, 15) is 23.1 Å². The molecule has 1 aromatic carbocycles. The number of alkyl halides is 3. The van der Waals surface area contributed by atoms with Gasteiger partial charge in [0.25, 0.3) is 0 Å². The number of hydrogen-bond donors (Lipinski definition) is 3. The number of carbonyl (C=O) groups is 1. The van der Waals surface area contributed by atoms with E-state index in [1.165, 1.54) is 74.7 Å². The Labute approximate surface area is 230 Å². The van der Waals surface area contributed by atoms with Gasteiger partial charge in [0.2, 0.25) is 0 Å². The molecule has 0 radical (unpaired) electrons. The lowest BCUT2D eigenvalue weighted by atomic mass is 10.0. The molecule has 1 aliphatic rings. The molecule has 0 aliphatic heterocycles. The summed E-state index contributed by atoms with van der Waals surface area (Å²) in [5.74, 6) is 0. The minimum Gasteiger partial charge on any atom is -0.389 e. The first-order valence-electron chi connectivity index (χ1n) is 12.0. The maximum absolute atomic E-state index is 12.5. The second kappa shape index (κ2) is 15.6. The summed E-state index contributed by atoms with van der Waals surface area (Å²) in [6.45, 7) is 3.50. The fourth-order valence-electron chi connectivity index (χ4n) is 3.52. The van der Waals surface area contributed by atoms with Crippen LogP contribution in [0.4, 0.5) is 13.2 Å². The lowest BCUT2D eigenvalue weighted by Crippen LogP contribution is -2.26. The molecule has 0 bridgehead atoms. The predicted octanol–water partition coefficient (Wildman–Crippen LogP) is 6.82. The minimum absolute atomic E-state index is 0.0873. The summed E-state index contributed by atoms with van der Waals surface area (Å²) in [5.41, 5.74) is 3.39. The summed E-state index contributed by atoms with van der Waals surface area (Å²) in [6.07, 6.45) is 6.59. The SMILES string of the molecule is C1CCCCC1.CC(C)(O)Cn1cc(C=O)c(C#N)n1.CN.FC(F)(F)c1cc(=S)c2cc(Cl)ccc2[nH]1. The summed E-state index contributed by atoms with van der Waals surface area (Å²) < 4.78 is 38.9. The van der Waals surface area contributed by atoms with Crippen molar-refractivity contribution in [2.24, 2.45) is 5.73 Å². The lowest BCUT2D eigenvalue weighted by Gasteiger charge is -2.16. The largest absolute Gasteiger partial charge is 0.431 e. The Kier molecular flexibility index (Phi) is 13.6. The number of benzene rings is 1. The number of hydrogen-bond acceptors (Lipinski definition) is 6. The fraction of sp³-hybridized carbons (Fsp3) is 0.462. The quantitative estimate of drug-likeness (QED) is 0.234. The molecule has 0 atom stereocenters. The van der Waals surface area contributed by atoms with Gasteiger partial charge in [0.05, 0.1) is 17.7 Å². The molecule has 7 nitrogen and oxygen atoms in total. The molecule has 0 unspecified atom stereocenters. The monoisotopic (exact) mass is 571 g/mol. The number of carbonyl (C=O) groups excluding carboxylic acids is 1. The Balaban J connectivity index is 0.000000299. The molecule has 4 rings (SSSR count). The van der Waals surface area contributed by atoms with Crippen LogP contribution in [0.2, 0.25) is 5.02 Å². The van der Waals surface area contributed by atoms with Crippen LogP contribution >= 0.6 is 23.8 Å². The van der Waals surface area contributed by atoms with Crippen molar-refractivity contribution in [1.82, 2.24) is 14.8 Å². The molecule has 2 heterocycles. The first kappa shape index (κ1) is 33.2. The average molecular weight is 572 g/mol. The number of aliphatic hydroxyl groups is 1. The van der Waals surface area contributed by atoms with Crippen molar-refractivity contribution < 1.29 is 23.1 Å². The Morgan fingerprint density at radius 2 is 1.74 bits per heavy atom. The first-order chi connectivity index (χ1) is 17.8. The van der Waals surface area contributed by atoms with Crippen molar-refractivity contribution in [2.45, 2.75) is 70.7 Å². The Hall–Kier alpha value is -2.78. The topological polar surface area (TPSA) is 121 Å². The third-order valence-corrected chi connectivity index (χ3v) is 5.74. The molecule has 3 aromatic rings. The third kappa shape index (κ3) is 11.3. The van der Waals surface area contributed by atoms with Gasteiger partial charge in [-0.15, -0.1) is 0 Å². The molecule has 4 N–H and O–H groups in total. The van der Waals surface area contributed by atoms with Gasteiger partial charge in [-0.2, -0.15) is 23.5 Å². The van der Waals surface area contributed by atoms with Crippen molar-refractivity contribution in [1.29, 1.82) is 5.26 Å². The number of rotatable bonds is 3. The van der Waals surface area contributed by atoms with Gasteiger partial charge in [-0.1, -0.05) is 62.3 Å². The summed E-state index contributed by atoms with van der Waals surface area (Å²) >= 11 is 10.6. The summed E-state index contributed by atoms with van der Waals surface area (Å²) in [5, 5.41) is 22.9. The Morgan fingerprint density at radius 3 is 2.16 bits per heavy atom. The van der Waals surface area contributed by atoms with Gasteiger partial charge in [-0.05, 0) is 45.2 Å². The number of H-pyrrole nitrogens is 1. The molecule has 2 aromatic heterocycles. The van der Waals surface area contributed by atoms with Crippen LogP contribution in [0.25, 0.3) is 10.9 Å². The summed E-state index contributed by atoms with van der Waals surface area (Å²) in [6, 6.07) is 7.23. The number of halogens is 4. The Bertz CT molecular complexity index is 1260. The highest BCUT2D eigenvalue weighted by atomic mass is 35.5. The Morgan fingerprint density at radius 1 is 1.18 bits per heavy atom. The number of nitrogens with zero attached hydrogens (tertiary/aromatic N) is 3. The maximum atomic E-state index is 12.5. The summed E-state index contributed by atoms with van der Waals surface area (Å²) in [4.78, 5) is 12.8. The van der Waals surface area contributed by atoms with E-state index in [2.05, 4.69) is 15.8 Å². The van der Waals surface area contributed by atoms with Gasteiger partial charge in [0, 0.05) is 26.6 Å². The van der Waals surface area contributed by atoms with Crippen LogP contribution in [-0.2, 0) is 12.7 Å². The van der Waals surface area contributed by atoms with E-state index in [1.807, 2.05) is 6.07 Å². The zero-order valence-electron chi connectivity index (χ0n) is 21.6. The second-order valence-corrected chi connectivity index (χ2v) is 9.91. The van der Waals surface area contributed by atoms with E-state index in [4.69, 9.17) is 29.1 Å². The normalized spacial score (nSPS) is 13.1. The van der Waals surface area contributed by atoms with Gasteiger partial charge in [0.15, 0.2) is 12.0 Å². The number of nitrogens with one attached hydrogen (secondary N) is 1. The van der Waals surface area contributed by atoms with E-state index in [1.54, 1.807) is 13.8 Å². The number of nitriles is 1. The van der Waals surface area contributed by atoms with Crippen molar-refractivity contribution >= 4 is 41.0 Å². The molecule has 1 fully saturated rings. The number of nitrogens with two attached hydrogens (primary N) is 1. The third-order valence-electron chi connectivity index (χ3n) is 5.17. The number of aldehydes is 1. The lowest BCUT2D eigenvalue weighted by molar-refractivity contribution is -0.141. The first-order valence-corrected chi connectivity index (χ1v) is 12.8. The van der Waals surface area contributed by atoms with Gasteiger partial charge >= 0.3 is 6.18 Å². The predicted molar refractivity (Wildman–Crippen MR) is 146 cm³/mol. The summed E-state index contributed by atoms with van der Waals surface area (Å²) in [7, 11) is 1.50. The molecule has 208 valence electrons. The van der Waals surface area contributed by atoms with Gasteiger partial charge < -0.3 is 15.8 Å². The standard InChI is InChI=1S/C10H5ClF3NS.C9H11N3O2.C6H12.CH5N/c11-5-1-2-7-6(3-5)8(16)4-9(15-7)10(12,13)14;1-9(2,14)6-12-4-7(5-13)8(3-10)11-12;1-2-4-6-5-3-1;1-2/h1-4H,(H,15,16);4-5,14H,6H2,1-2H3;1-6H2;2H2,1H3. The molecule has 38 heavy (non-hydrogen) atoms. The number of aromatic amines is 1. The maximum Gasteiger partial charge on any atom is 0.431 e. The van der Waals surface area contributed by atoms with E-state index in [0.717, 1.165) is 6.07 Å². The molecular weight excluding hydrogens is 539 g/mol. The molecule has 1 saturated carbocycles. The molecule has 1 aliphatic carbocycles. The van der Waals surface area contributed by atoms with Crippen molar-refractivity contribution in [3.05, 3.63) is 56.9 Å². The molecule has 0 amide bonds. The van der Waals surface area contributed by atoms with Crippen LogP contribution in [0.1, 0.15) is 74.1 Å². The van der Waals surface area contributed by atoms with E-state index >= 15 is 0 Å². The zero-order chi connectivity index (χ0) is 28.9. The van der Waals surface area contributed by atoms with E-state index < -0.39 is 17.5 Å². The average Bonchev–Trinajstić information content (AvgIpc) is 3.27. The van der Waals surface area contributed by atoms with Crippen LogP contribution in [0, 0.1) is 15.8 Å². The van der Waals surface area contributed by atoms with Crippen molar-refractivity contribution in [3.8, 4) is 6.07 Å². The minimum atomic E-state index is -4.43. The highest BCUT2D eigenvalue weighted by molar-refractivity contribution is 7.71. The molecule has 0 saturated heterocycles. The van der Waals surface area contributed by atoms with Crippen molar-refractivity contribution in [2.75, 3.05) is 7.05 Å². The fourth-order valence-corrected chi connectivity index (χ4v) is 3.98. The van der Waals surface area contributed by atoms with Crippen LogP contribution in [0.3, 0.4) is 0 Å².